The van der Waals surface area contributed by atoms with E-state index < -0.39 is 23.7 Å². The summed E-state index contributed by atoms with van der Waals surface area (Å²) in [5, 5.41) is 11.5. The number of carbonyl (C=O) groups is 2. The molecule has 0 radical (unpaired) electrons. The van der Waals surface area contributed by atoms with Gasteiger partial charge in [0.25, 0.3) is 5.91 Å². The zero-order chi connectivity index (χ0) is 13.1. The zero-order valence-electron chi connectivity index (χ0n) is 9.73. The van der Waals surface area contributed by atoms with E-state index in [1.807, 2.05) is 0 Å². The van der Waals surface area contributed by atoms with Gasteiger partial charge in [-0.1, -0.05) is 12.8 Å². The van der Waals surface area contributed by atoms with Gasteiger partial charge in [-0.15, -0.1) is 0 Å². The van der Waals surface area contributed by atoms with Gasteiger partial charge in [0.2, 0.25) is 0 Å². The van der Waals surface area contributed by atoms with Gasteiger partial charge in [0.1, 0.15) is 11.9 Å². The van der Waals surface area contributed by atoms with E-state index in [0.717, 1.165) is 12.8 Å². The SMILES string of the molecule is O=C(NC(CC1CC1)C(=O)O)c1ccc(F)cc1. The molecule has 1 aromatic carbocycles. The molecule has 1 aromatic rings. The van der Waals surface area contributed by atoms with E-state index in [9.17, 15) is 14.0 Å². The number of hydrogen-bond acceptors (Lipinski definition) is 2. The Labute approximate surface area is 104 Å². The van der Waals surface area contributed by atoms with Gasteiger partial charge in [0, 0.05) is 5.56 Å². The number of aliphatic carboxylic acids is 1. The summed E-state index contributed by atoms with van der Waals surface area (Å²) >= 11 is 0. The summed E-state index contributed by atoms with van der Waals surface area (Å²) in [5.41, 5.74) is 0.262. The van der Waals surface area contributed by atoms with Gasteiger partial charge in [-0.05, 0) is 36.6 Å². The maximum Gasteiger partial charge on any atom is 0.326 e. The highest BCUT2D eigenvalue weighted by atomic mass is 19.1. The van der Waals surface area contributed by atoms with Crippen molar-refractivity contribution in [1.82, 2.24) is 5.32 Å². The second kappa shape index (κ2) is 5.16. The Balaban J connectivity index is 1.99. The number of hydrogen-bond donors (Lipinski definition) is 2. The molecule has 1 fully saturated rings. The number of amides is 1. The van der Waals surface area contributed by atoms with Gasteiger partial charge >= 0.3 is 5.97 Å². The molecular formula is C13H14FNO3. The average molecular weight is 251 g/mol. The first-order chi connectivity index (χ1) is 8.56. The summed E-state index contributed by atoms with van der Waals surface area (Å²) in [6.07, 6.45) is 2.51. The number of carboxylic acid groups (broad SMARTS) is 1. The number of rotatable bonds is 5. The molecular weight excluding hydrogens is 237 g/mol. The van der Waals surface area contributed by atoms with Crippen LogP contribution >= 0.6 is 0 Å². The standard InChI is InChI=1S/C13H14FNO3/c14-10-5-3-9(4-6-10)12(16)15-11(13(17)18)7-8-1-2-8/h3-6,8,11H,1-2,7H2,(H,15,16)(H,17,18). The first-order valence-corrected chi connectivity index (χ1v) is 5.85. The molecule has 0 heterocycles. The lowest BCUT2D eigenvalue weighted by atomic mass is 10.1. The van der Waals surface area contributed by atoms with E-state index >= 15 is 0 Å². The number of halogens is 1. The molecule has 0 saturated heterocycles. The zero-order valence-corrected chi connectivity index (χ0v) is 9.73. The summed E-state index contributed by atoms with van der Waals surface area (Å²) in [4.78, 5) is 22.8. The maximum atomic E-state index is 12.7. The number of benzene rings is 1. The molecule has 0 aromatic heterocycles. The maximum absolute atomic E-state index is 12.7. The van der Waals surface area contributed by atoms with Crippen molar-refractivity contribution in [1.29, 1.82) is 0 Å². The van der Waals surface area contributed by atoms with Crippen LogP contribution in [-0.2, 0) is 4.79 Å². The molecule has 1 aliphatic carbocycles. The summed E-state index contributed by atoms with van der Waals surface area (Å²) in [7, 11) is 0. The molecule has 2 rings (SSSR count). The van der Waals surface area contributed by atoms with Crippen molar-refractivity contribution >= 4 is 11.9 Å². The van der Waals surface area contributed by atoms with Crippen LogP contribution in [0, 0.1) is 11.7 Å². The minimum absolute atomic E-state index is 0.262. The highest BCUT2D eigenvalue weighted by Gasteiger charge is 2.30. The van der Waals surface area contributed by atoms with Crippen molar-refractivity contribution in [3.63, 3.8) is 0 Å². The highest BCUT2D eigenvalue weighted by Crippen LogP contribution is 2.33. The quantitative estimate of drug-likeness (QED) is 0.838. The summed E-state index contributed by atoms with van der Waals surface area (Å²) < 4.78 is 12.7. The Morgan fingerprint density at radius 2 is 1.94 bits per heavy atom. The predicted octanol–water partition coefficient (Wildman–Crippen LogP) is 1.81. The molecule has 1 amide bonds. The Hall–Kier alpha value is -1.91. The van der Waals surface area contributed by atoms with Crippen molar-refractivity contribution in [2.24, 2.45) is 5.92 Å². The van der Waals surface area contributed by atoms with Crippen LogP contribution in [0.5, 0.6) is 0 Å². The minimum Gasteiger partial charge on any atom is -0.480 e. The van der Waals surface area contributed by atoms with Crippen LogP contribution in [0.1, 0.15) is 29.6 Å². The van der Waals surface area contributed by atoms with Crippen LogP contribution in [0.4, 0.5) is 4.39 Å². The molecule has 1 saturated carbocycles. The van der Waals surface area contributed by atoms with Crippen LogP contribution < -0.4 is 5.32 Å². The molecule has 1 unspecified atom stereocenters. The van der Waals surface area contributed by atoms with Gasteiger partial charge < -0.3 is 10.4 Å². The molecule has 4 nitrogen and oxygen atoms in total. The molecule has 1 aliphatic rings. The van der Waals surface area contributed by atoms with Crippen molar-refractivity contribution < 1.29 is 19.1 Å². The first kappa shape index (κ1) is 12.5. The van der Waals surface area contributed by atoms with Gasteiger partial charge in [0.15, 0.2) is 0 Å². The van der Waals surface area contributed by atoms with E-state index in [0.29, 0.717) is 12.3 Å². The minimum atomic E-state index is -1.03. The van der Waals surface area contributed by atoms with Crippen LogP contribution in [0.15, 0.2) is 24.3 Å². The van der Waals surface area contributed by atoms with Crippen molar-refractivity contribution in [2.45, 2.75) is 25.3 Å². The van der Waals surface area contributed by atoms with E-state index in [2.05, 4.69) is 5.32 Å². The van der Waals surface area contributed by atoms with Gasteiger partial charge in [-0.2, -0.15) is 0 Å². The molecule has 0 aliphatic heterocycles. The van der Waals surface area contributed by atoms with Gasteiger partial charge in [0.05, 0.1) is 0 Å². The largest absolute Gasteiger partial charge is 0.480 e. The van der Waals surface area contributed by atoms with E-state index in [1.165, 1.54) is 24.3 Å². The summed E-state index contributed by atoms with van der Waals surface area (Å²) in [5.74, 6) is -1.54. The smallest absolute Gasteiger partial charge is 0.326 e. The summed E-state index contributed by atoms with van der Waals surface area (Å²) in [6, 6.07) is 4.15. The van der Waals surface area contributed by atoms with Crippen LogP contribution in [0.25, 0.3) is 0 Å². The number of carboxylic acids is 1. The van der Waals surface area contributed by atoms with Crippen LogP contribution in [0.3, 0.4) is 0 Å². The lowest BCUT2D eigenvalue weighted by Crippen LogP contribution is -2.41. The lowest BCUT2D eigenvalue weighted by Gasteiger charge is -2.14. The van der Waals surface area contributed by atoms with Crippen LogP contribution in [-0.4, -0.2) is 23.0 Å². The van der Waals surface area contributed by atoms with Crippen LogP contribution in [0.2, 0.25) is 0 Å². The van der Waals surface area contributed by atoms with Crippen molar-refractivity contribution in [2.75, 3.05) is 0 Å². The fourth-order valence-electron chi connectivity index (χ4n) is 1.75. The molecule has 5 heteroatoms. The Kier molecular flexibility index (Phi) is 3.60. The molecule has 0 bridgehead atoms. The van der Waals surface area contributed by atoms with Gasteiger partial charge in [-0.3, -0.25) is 4.79 Å². The van der Waals surface area contributed by atoms with Crippen molar-refractivity contribution in [3.05, 3.63) is 35.6 Å². The Bertz CT molecular complexity index is 454. The predicted molar refractivity (Wildman–Crippen MR) is 62.6 cm³/mol. The second-order valence-electron chi connectivity index (χ2n) is 4.55. The second-order valence-corrected chi connectivity index (χ2v) is 4.55. The molecule has 2 N–H and O–H groups in total. The fraction of sp³-hybridized carbons (Fsp3) is 0.385. The van der Waals surface area contributed by atoms with E-state index in [-0.39, 0.29) is 5.56 Å². The van der Waals surface area contributed by atoms with E-state index in [4.69, 9.17) is 5.11 Å². The third-order valence-electron chi connectivity index (χ3n) is 2.98. The Morgan fingerprint density at radius 3 is 2.44 bits per heavy atom. The fourth-order valence-corrected chi connectivity index (χ4v) is 1.75. The average Bonchev–Trinajstić information content (AvgIpc) is 3.12. The highest BCUT2D eigenvalue weighted by molar-refractivity contribution is 5.96. The van der Waals surface area contributed by atoms with E-state index in [1.54, 1.807) is 0 Å². The monoisotopic (exact) mass is 251 g/mol. The first-order valence-electron chi connectivity index (χ1n) is 5.85. The lowest BCUT2D eigenvalue weighted by molar-refractivity contribution is -0.139. The molecule has 96 valence electrons. The number of nitrogens with one attached hydrogen (secondary N) is 1. The normalized spacial score (nSPS) is 16.1. The van der Waals surface area contributed by atoms with Gasteiger partial charge in [-0.25, -0.2) is 9.18 Å². The molecule has 1 atom stereocenters. The summed E-state index contributed by atoms with van der Waals surface area (Å²) in [6.45, 7) is 0. The topological polar surface area (TPSA) is 66.4 Å². The Morgan fingerprint density at radius 1 is 1.33 bits per heavy atom. The third-order valence-corrected chi connectivity index (χ3v) is 2.98. The molecule has 18 heavy (non-hydrogen) atoms. The number of carbonyl (C=O) groups excluding carboxylic acids is 1. The third kappa shape index (κ3) is 3.29. The van der Waals surface area contributed by atoms with Crippen molar-refractivity contribution in [3.8, 4) is 0 Å². The molecule has 0 spiro atoms.